The molecule has 0 aromatic carbocycles. The van der Waals surface area contributed by atoms with E-state index in [9.17, 15) is 4.79 Å². The summed E-state index contributed by atoms with van der Waals surface area (Å²) < 4.78 is 1.75. The second kappa shape index (κ2) is 5.80. The first-order chi connectivity index (χ1) is 7.49. The molecule has 1 heterocycles. The lowest BCUT2D eigenvalue weighted by atomic mass is 9.97. The van der Waals surface area contributed by atoms with Crippen molar-refractivity contribution >= 4 is 5.78 Å². The second-order valence-corrected chi connectivity index (χ2v) is 4.67. The normalized spacial score (nSPS) is 13.1. The van der Waals surface area contributed by atoms with Gasteiger partial charge in [0, 0.05) is 32.1 Å². The largest absolute Gasteiger partial charge is 0.327 e. The third-order valence-electron chi connectivity index (χ3n) is 2.77. The van der Waals surface area contributed by atoms with Gasteiger partial charge in [-0.2, -0.15) is 5.10 Å². The number of hydrogen-bond acceptors (Lipinski definition) is 3. The fourth-order valence-electron chi connectivity index (χ4n) is 1.49. The maximum absolute atomic E-state index is 11.6. The summed E-state index contributed by atoms with van der Waals surface area (Å²) in [4.78, 5) is 11.6. The molecule has 0 spiro atoms. The first-order valence-corrected chi connectivity index (χ1v) is 5.74. The van der Waals surface area contributed by atoms with E-state index in [1.165, 1.54) is 0 Å². The van der Waals surface area contributed by atoms with E-state index in [1.54, 1.807) is 10.9 Å². The van der Waals surface area contributed by atoms with E-state index in [2.05, 4.69) is 5.10 Å². The molecule has 0 aliphatic carbocycles. The van der Waals surface area contributed by atoms with Crippen molar-refractivity contribution in [1.82, 2.24) is 9.78 Å². The highest BCUT2D eigenvalue weighted by molar-refractivity contribution is 5.79. The van der Waals surface area contributed by atoms with Gasteiger partial charge in [0.25, 0.3) is 0 Å². The lowest BCUT2D eigenvalue weighted by Crippen LogP contribution is -2.29. The maximum atomic E-state index is 11.6. The Hall–Kier alpha value is -1.16. The van der Waals surface area contributed by atoms with E-state index >= 15 is 0 Å². The van der Waals surface area contributed by atoms with Gasteiger partial charge < -0.3 is 5.73 Å². The van der Waals surface area contributed by atoms with Crippen molar-refractivity contribution in [2.75, 3.05) is 0 Å². The number of carbonyl (C=O) groups excluding carboxylic acids is 1. The molecule has 4 heteroatoms. The molecule has 16 heavy (non-hydrogen) atoms. The van der Waals surface area contributed by atoms with Gasteiger partial charge >= 0.3 is 0 Å². The summed E-state index contributed by atoms with van der Waals surface area (Å²) in [5, 5.41) is 4.06. The molecular formula is C12H21N3O. The van der Waals surface area contributed by atoms with Crippen LogP contribution in [0.1, 0.15) is 32.3 Å². The molecule has 1 atom stereocenters. The Kier molecular flexibility index (Phi) is 4.68. The number of carbonyl (C=O) groups is 1. The quantitative estimate of drug-likeness (QED) is 0.790. The third kappa shape index (κ3) is 4.14. The minimum atomic E-state index is -0.0126. The van der Waals surface area contributed by atoms with Crippen LogP contribution in [-0.2, 0) is 18.3 Å². The molecular weight excluding hydrogens is 202 g/mol. The molecule has 0 saturated carbocycles. The monoisotopic (exact) mass is 223 g/mol. The van der Waals surface area contributed by atoms with E-state index in [0.29, 0.717) is 18.8 Å². The molecule has 0 fully saturated rings. The summed E-state index contributed by atoms with van der Waals surface area (Å²) in [6.45, 7) is 4.08. The summed E-state index contributed by atoms with van der Waals surface area (Å²) in [7, 11) is 1.87. The first kappa shape index (κ1) is 12.9. The summed E-state index contributed by atoms with van der Waals surface area (Å²) in [5.41, 5.74) is 6.96. The molecule has 1 unspecified atom stereocenters. The Balaban J connectivity index is 2.30. The molecule has 1 aromatic heterocycles. The van der Waals surface area contributed by atoms with Gasteiger partial charge in [-0.05, 0) is 17.9 Å². The van der Waals surface area contributed by atoms with Gasteiger partial charge in [0.15, 0.2) is 0 Å². The fraction of sp³-hybridized carbons (Fsp3) is 0.667. The van der Waals surface area contributed by atoms with Gasteiger partial charge in [-0.1, -0.05) is 13.8 Å². The van der Waals surface area contributed by atoms with Gasteiger partial charge in [0.05, 0.1) is 6.20 Å². The minimum Gasteiger partial charge on any atom is -0.327 e. The highest BCUT2D eigenvalue weighted by Crippen LogP contribution is 2.07. The smallest absolute Gasteiger partial charge is 0.134 e. The number of aryl methyl sites for hydroxylation is 2. The van der Waals surface area contributed by atoms with Crippen molar-refractivity contribution in [2.45, 2.75) is 39.2 Å². The number of aromatic nitrogens is 2. The highest BCUT2D eigenvalue weighted by atomic mass is 16.1. The standard InChI is InChI=1S/C12H21N3O/c1-9(2)12(13)6-11(16)5-4-10-7-14-15(3)8-10/h7-9,12H,4-6,13H2,1-3H3. The zero-order valence-electron chi connectivity index (χ0n) is 10.3. The van der Waals surface area contributed by atoms with Crippen LogP contribution < -0.4 is 5.73 Å². The molecule has 0 saturated heterocycles. The van der Waals surface area contributed by atoms with Crippen molar-refractivity contribution in [2.24, 2.45) is 18.7 Å². The predicted octanol–water partition coefficient (Wildman–Crippen LogP) is 1.30. The number of ketones is 1. The van der Waals surface area contributed by atoms with E-state index in [-0.39, 0.29) is 11.8 Å². The van der Waals surface area contributed by atoms with E-state index in [4.69, 9.17) is 5.73 Å². The average molecular weight is 223 g/mol. The van der Waals surface area contributed by atoms with Crippen LogP contribution in [0.3, 0.4) is 0 Å². The van der Waals surface area contributed by atoms with Crippen LogP contribution in [0.15, 0.2) is 12.4 Å². The van der Waals surface area contributed by atoms with Crippen LogP contribution in [0, 0.1) is 5.92 Å². The summed E-state index contributed by atoms with van der Waals surface area (Å²) in [6, 6.07) is -0.0126. The van der Waals surface area contributed by atoms with Gasteiger partial charge in [-0.15, -0.1) is 0 Å². The lowest BCUT2D eigenvalue weighted by Gasteiger charge is -2.13. The van der Waals surface area contributed by atoms with Crippen molar-refractivity contribution < 1.29 is 4.79 Å². The minimum absolute atomic E-state index is 0.0126. The van der Waals surface area contributed by atoms with E-state index in [1.807, 2.05) is 27.1 Å². The number of Topliss-reactive ketones (excluding diaryl/α,β-unsaturated/α-hetero) is 1. The third-order valence-corrected chi connectivity index (χ3v) is 2.77. The van der Waals surface area contributed by atoms with Gasteiger partial charge in [0.2, 0.25) is 0 Å². The molecule has 90 valence electrons. The number of rotatable bonds is 6. The first-order valence-electron chi connectivity index (χ1n) is 5.74. The topological polar surface area (TPSA) is 60.9 Å². The Morgan fingerprint density at radius 1 is 1.56 bits per heavy atom. The van der Waals surface area contributed by atoms with E-state index in [0.717, 1.165) is 12.0 Å². The molecule has 4 nitrogen and oxygen atoms in total. The van der Waals surface area contributed by atoms with Crippen LogP contribution in [0.25, 0.3) is 0 Å². The number of nitrogens with two attached hydrogens (primary N) is 1. The van der Waals surface area contributed by atoms with Crippen LogP contribution in [0.2, 0.25) is 0 Å². The Morgan fingerprint density at radius 3 is 2.75 bits per heavy atom. The Labute approximate surface area is 96.8 Å². The SMILES string of the molecule is CC(C)C(N)CC(=O)CCc1cnn(C)c1. The van der Waals surface area contributed by atoms with Crippen LogP contribution in [0.4, 0.5) is 0 Å². The Bertz CT molecular complexity index is 344. The molecule has 1 rings (SSSR count). The van der Waals surface area contributed by atoms with Gasteiger partial charge in [-0.3, -0.25) is 9.48 Å². The maximum Gasteiger partial charge on any atom is 0.134 e. The van der Waals surface area contributed by atoms with Crippen LogP contribution >= 0.6 is 0 Å². The van der Waals surface area contributed by atoms with Crippen LogP contribution in [0.5, 0.6) is 0 Å². The molecule has 0 aliphatic rings. The van der Waals surface area contributed by atoms with Crippen molar-refractivity contribution in [3.63, 3.8) is 0 Å². The zero-order valence-corrected chi connectivity index (χ0v) is 10.3. The Morgan fingerprint density at radius 2 is 2.25 bits per heavy atom. The van der Waals surface area contributed by atoms with Crippen molar-refractivity contribution in [1.29, 1.82) is 0 Å². The summed E-state index contributed by atoms with van der Waals surface area (Å²) >= 11 is 0. The van der Waals surface area contributed by atoms with Gasteiger partial charge in [-0.25, -0.2) is 0 Å². The fourth-order valence-corrected chi connectivity index (χ4v) is 1.49. The summed E-state index contributed by atoms with van der Waals surface area (Å²) in [5.74, 6) is 0.604. The van der Waals surface area contributed by atoms with Crippen LogP contribution in [-0.4, -0.2) is 21.6 Å². The van der Waals surface area contributed by atoms with Crippen molar-refractivity contribution in [3.05, 3.63) is 18.0 Å². The summed E-state index contributed by atoms with van der Waals surface area (Å²) in [6.07, 6.45) is 5.55. The molecule has 2 N–H and O–H groups in total. The molecule has 0 radical (unpaired) electrons. The second-order valence-electron chi connectivity index (χ2n) is 4.67. The average Bonchev–Trinajstić information content (AvgIpc) is 2.61. The zero-order chi connectivity index (χ0) is 12.1. The number of hydrogen-bond donors (Lipinski definition) is 1. The lowest BCUT2D eigenvalue weighted by molar-refractivity contribution is -0.119. The van der Waals surface area contributed by atoms with E-state index < -0.39 is 0 Å². The molecule has 0 aliphatic heterocycles. The highest BCUT2D eigenvalue weighted by Gasteiger charge is 2.12. The molecule has 0 bridgehead atoms. The van der Waals surface area contributed by atoms with Gasteiger partial charge in [0.1, 0.15) is 5.78 Å². The predicted molar refractivity (Wildman–Crippen MR) is 64.0 cm³/mol. The molecule has 1 aromatic rings. The van der Waals surface area contributed by atoms with Crippen molar-refractivity contribution in [3.8, 4) is 0 Å². The molecule has 0 amide bonds. The number of nitrogens with zero attached hydrogens (tertiary/aromatic N) is 2.